The van der Waals surface area contributed by atoms with Crippen LogP contribution in [0.25, 0.3) is 0 Å². The molecule has 0 saturated carbocycles. The first-order chi connectivity index (χ1) is 12.4. The Morgan fingerprint density at radius 3 is 2.27 bits per heavy atom. The summed E-state index contributed by atoms with van der Waals surface area (Å²) in [5.41, 5.74) is -2.71. The number of esters is 2. The lowest BCUT2D eigenvalue weighted by molar-refractivity contribution is -0.385. The van der Waals surface area contributed by atoms with E-state index in [0.717, 1.165) is 4.90 Å². The number of carbonyl (C=O) groups excluding carboxylic acids is 3. The van der Waals surface area contributed by atoms with Crippen LogP contribution < -0.4 is 0 Å². The van der Waals surface area contributed by atoms with E-state index in [4.69, 9.17) is 9.47 Å². The van der Waals surface area contributed by atoms with Crippen molar-refractivity contribution in [2.24, 2.45) is 0 Å². The lowest BCUT2D eigenvalue weighted by atomic mass is 9.95. The van der Waals surface area contributed by atoms with Gasteiger partial charge in [0.05, 0.1) is 18.1 Å². The zero-order chi connectivity index (χ0) is 19.3. The Labute approximate surface area is 149 Å². The summed E-state index contributed by atoms with van der Waals surface area (Å²) in [6, 6.07) is 5.30. The molecule has 0 fully saturated rings. The topological polar surface area (TPSA) is 116 Å². The fourth-order valence-electron chi connectivity index (χ4n) is 2.69. The molecular weight excluding hydrogens is 344 g/mol. The second-order valence-corrected chi connectivity index (χ2v) is 5.34. The maximum Gasteiger partial charge on any atom is 0.344 e. The summed E-state index contributed by atoms with van der Waals surface area (Å²) in [5, 5.41) is 11.2. The van der Waals surface area contributed by atoms with Crippen LogP contribution in [0.5, 0.6) is 0 Å². The first kappa shape index (κ1) is 19.1. The number of ether oxygens (including phenoxy) is 2. The third kappa shape index (κ3) is 3.15. The minimum Gasteiger partial charge on any atom is -0.464 e. The van der Waals surface area contributed by atoms with Crippen molar-refractivity contribution in [3.63, 3.8) is 0 Å². The number of benzene rings is 1. The molecule has 1 aliphatic rings. The number of hydrogen-bond donors (Lipinski definition) is 0. The maximum atomic E-state index is 13.0. The Balaban J connectivity index is 2.53. The highest BCUT2D eigenvalue weighted by molar-refractivity contribution is 6.12. The summed E-state index contributed by atoms with van der Waals surface area (Å²) in [4.78, 5) is 49.4. The molecule has 0 aliphatic carbocycles. The molecule has 1 aliphatic heterocycles. The molecule has 9 heteroatoms. The third-order valence-corrected chi connectivity index (χ3v) is 3.86. The standard InChI is InChI=1S/C17H18N2O7/c1-3-25-15(21)17(16(22)26-4-2)10-7-11-18(17)14(20)12-8-5-6-9-13(12)19(23)24/h5-9,11H,3-4,10H2,1-2H3. The largest absolute Gasteiger partial charge is 0.464 e. The summed E-state index contributed by atoms with van der Waals surface area (Å²) in [5.74, 6) is -2.77. The second-order valence-electron chi connectivity index (χ2n) is 5.34. The van der Waals surface area contributed by atoms with Gasteiger partial charge in [-0.15, -0.1) is 0 Å². The van der Waals surface area contributed by atoms with E-state index in [1.54, 1.807) is 13.8 Å². The molecule has 0 bridgehead atoms. The van der Waals surface area contributed by atoms with E-state index in [-0.39, 0.29) is 25.2 Å². The molecule has 1 aromatic rings. The molecule has 138 valence electrons. The number of nitrogens with zero attached hydrogens (tertiary/aromatic N) is 2. The van der Waals surface area contributed by atoms with Crippen molar-refractivity contribution in [1.82, 2.24) is 4.90 Å². The van der Waals surface area contributed by atoms with Crippen LogP contribution in [0.15, 0.2) is 36.5 Å². The summed E-state index contributed by atoms with van der Waals surface area (Å²) >= 11 is 0. The molecule has 0 atom stereocenters. The summed E-state index contributed by atoms with van der Waals surface area (Å²) < 4.78 is 9.97. The molecule has 0 radical (unpaired) electrons. The first-order valence-corrected chi connectivity index (χ1v) is 7.98. The van der Waals surface area contributed by atoms with E-state index in [2.05, 4.69) is 0 Å². The fourth-order valence-corrected chi connectivity index (χ4v) is 2.69. The molecule has 1 heterocycles. The summed E-state index contributed by atoms with van der Waals surface area (Å²) in [7, 11) is 0. The van der Waals surface area contributed by atoms with Crippen LogP contribution in [0.3, 0.4) is 0 Å². The monoisotopic (exact) mass is 362 g/mol. The maximum absolute atomic E-state index is 13.0. The molecule has 26 heavy (non-hydrogen) atoms. The van der Waals surface area contributed by atoms with E-state index in [1.807, 2.05) is 0 Å². The van der Waals surface area contributed by atoms with Crippen molar-refractivity contribution in [3.05, 3.63) is 52.2 Å². The van der Waals surface area contributed by atoms with Crippen molar-refractivity contribution in [2.75, 3.05) is 13.2 Å². The highest BCUT2D eigenvalue weighted by Crippen LogP contribution is 2.33. The first-order valence-electron chi connectivity index (χ1n) is 7.98. The minimum absolute atomic E-state index is 0.00644. The van der Waals surface area contributed by atoms with Gasteiger partial charge in [-0.25, -0.2) is 9.59 Å². The lowest BCUT2D eigenvalue weighted by Crippen LogP contribution is -2.59. The Kier molecular flexibility index (Phi) is 5.71. The smallest absolute Gasteiger partial charge is 0.344 e. The van der Waals surface area contributed by atoms with Gasteiger partial charge in [0.25, 0.3) is 11.6 Å². The molecule has 0 spiro atoms. The van der Waals surface area contributed by atoms with Crippen LogP contribution in [-0.2, 0) is 19.1 Å². The minimum atomic E-state index is -2.03. The molecular formula is C17H18N2O7. The van der Waals surface area contributed by atoms with Crippen molar-refractivity contribution in [2.45, 2.75) is 25.8 Å². The lowest BCUT2D eigenvalue weighted by Gasteiger charge is -2.33. The fraction of sp³-hybridized carbons (Fsp3) is 0.353. The number of rotatable bonds is 6. The highest BCUT2D eigenvalue weighted by Gasteiger charge is 2.57. The highest BCUT2D eigenvalue weighted by atomic mass is 16.6. The van der Waals surface area contributed by atoms with Gasteiger partial charge in [0.15, 0.2) is 0 Å². The van der Waals surface area contributed by atoms with E-state index in [0.29, 0.717) is 0 Å². The van der Waals surface area contributed by atoms with Crippen molar-refractivity contribution in [1.29, 1.82) is 0 Å². The molecule has 0 aromatic heterocycles. The normalized spacial score (nSPS) is 14.8. The Morgan fingerprint density at radius 1 is 1.15 bits per heavy atom. The van der Waals surface area contributed by atoms with Crippen molar-refractivity contribution in [3.8, 4) is 0 Å². The molecule has 1 aromatic carbocycles. The van der Waals surface area contributed by atoms with E-state index in [9.17, 15) is 24.5 Å². The SMILES string of the molecule is CCOC(=O)C1(C(=O)OCC)CC=CN1C(=O)c1ccccc1[N+](=O)[O-]. The van der Waals surface area contributed by atoms with Crippen LogP contribution in [0, 0.1) is 10.1 Å². The van der Waals surface area contributed by atoms with Gasteiger partial charge in [-0.1, -0.05) is 18.2 Å². The van der Waals surface area contributed by atoms with Crippen LogP contribution in [0.1, 0.15) is 30.6 Å². The molecule has 9 nitrogen and oxygen atoms in total. The average Bonchev–Trinajstić information content (AvgIpc) is 3.07. The zero-order valence-electron chi connectivity index (χ0n) is 14.3. The van der Waals surface area contributed by atoms with Gasteiger partial charge in [0.2, 0.25) is 5.54 Å². The molecule has 0 saturated heterocycles. The number of hydrogen-bond acceptors (Lipinski definition) is 7. The Hall–Kier alpha value is -3.23. The zero-order valence-corrected chi connectivity index (χ0v) is 14.3. The van der Waals surface area contributed by atoms with Gasteiger partial charge in [-0.05, 0) is 19.9 Å². The molecule has 1 amide bonds. The number of para-hydroxylation sites is 1. The molecule has 0 N–H and O–H groups in total. The summed E-state index contributed by atoms with van der Waals surface area (Å²) in [6.07, 6.45) is 2.55. The van der Waals surface area contributed by atoms with Crippen LogP contribution in [0.4, 0.5) is 5.69 Å². The van der Waals surface area contributed by atoms with Crippen LogP contribution in [-0.4, -0.2) is 46.4 Å². The van der Waals surface area contributed by atoms with E-state index in [1.165, 1.54) is 36.5 Å². The number of carbonyl (C=O) groups is 3. The number of nitro groups is 1. The van der Waals surface area contributed by atoms with Gasteiger partial charge in [0, 0.05) is 18.7 Å². The summed E-state index contributed by atoms with van der Waals surface area (Å²) in [6.45, 7) is 3.11. The van der Waals surface area contributed by atoms with Gasteiger partial charge >= 0.3 is 11.9 Å². The Morgan fingerprint density at radius 2 is 1.73 bits per heavy atom. The number of amides is 1. The van der Waals surface area contributed by atoms with E-state index >= 15 is 0 Å². The van der Waals surface area contributed by atoms with Gasteiger partial charge < -0.3 is 9.47 Å². The van der Waals surface area contributed by atoms with Gasteiger partial charge in [-0.2, -0.15) is 0 Å². The quantitative estimate of drug-likeness (QED) is 0.328. The van der Waals surface area contributed by atoms with Crippen LogP contribution in [0.2, 0.25) is 0 Å². The third-order valence-electron chi connectivity index (χ3n) is 3.86. The average molecular weight is 362 g/mol. The predicted octanol–water partition coefficient (Wildman–Crippen LogP) is 1.82. The van der Waals surface area contributed by atoms with Gasteiger partial charge in [-0.3, -0.25) is 19.8 Å². The Bertz CT molecular complexity index is 754. The van der Waals surface area contributed by atoms with Crippen LogP contribution >= 0.6 is 0 Å². The van der Waals surface area contributed by atoms with Crippen molar-refractivity contribution >= 4 is 23.5 Å². The van der Waals surface area contributed by atoms with Crippen molar-refractivity contribution < 1.29 is 28.8 Å². The number of nitro benzene ring substituents is 1. The predicted molar refractivity (Wildman–Crippen MR) is 89.0 cm³/mol. The second kappa shape index (κ2) is 7.77. The molecule has 2 rings (SSSR count). The van der Waals surface area contributed by atoms with E-state index < -0.39 is 34.0 Å². The molecule has 0 unspecified atom stereocenters. The van der Waals surface area contributed by atoms with Gasteiger partial charge in [0.1, 0.15) is 5.56 Å².